The highest BCUT2D eigenvalue weighted by molar-refractivity contribution is 5.23. The highest BCUT2D eigenvalue weighted by Gasteiger charge is 1.94. The number of benzene rings is 1. The van der Waals surface area contributed by atoms with Crippen LogP contribution in [0.1, 0.15) is 30.9 Å². The van der Waals surface area contributed by atoms with E-state index >= 15 is 0 Å². The number of rotatable bonds is 6. The Balaban J connectivity index is 2.46. The summed E-state index contributed by atoms with van der Waals surface area (Å²) in [5.74, 6) is 0. The third kappa shape index (κ3) is 4.80. The van der Waals surface area contributed by atoms with Gasteiger partial charge in [0.25, 0.3) is 0 Å². The van der Waals surface area contributed by atoms with Crippen molar-refractivity contribution < 1.29 is 4.74 Å². The fraction of sp³-hybridized carbons (Fsp3) is 0.429. The van der Waals surface area contributed by atoms with Gasteiger partial charge in [0, 0.05) is 7.11 Å². The van der Waals surface area contributed by atoms with Gasteiger partial charge in [0.05, 0.1) is 6.61 Å². The van der Waals surface area contributed by atoms with Crippen LogP contribution < -0.4 is 0 Å². The molecular formula is C14H20O. The first-order valence-electron chi connectivity index (χ1n) is 5.58. The van der Waals surface area contributed by atoms with Crippen LogP contribution in [0.2, 0.25) is 0 Å². The van der Waals surface area contributed by atoms with Gasteiger partial charge in [-0.25, -0.2) is 0 Å². The third-order valence-electron chi connectivity index (χ3n) is 2.30. The van der Waals surface area contributed by atoms with Gasteiger partial charge in [0.1, 0.15) is 0 Å². The molecule has 0 saturated heterocycles. The van der Waals surface area contributed by atoms with Crippen molar-refractivity contribution in [2.24, 2.45) is 0 Å². The van der Waals surface area contributed by atoms with Crippen molar-refractivity contribution in [1.82, 2.24) is 0 Å². The van der Waals surface area contributed by atoms with Gasteiger partial charge >= 0.3 is 0 Å². The lowest BCUT2D eigenvalue weighted by atomic mass is 10.1. The van der Waals surface area contributed by atoms with Crippen LogP contribution in [-0.2, 0) is 17.8 Å². The molecular weight excluding hydrogens is 184 g/mol. The molecule has 0 spiro atoms. The third-order valence-corrected chi connectivity index (χ3v) is 2.30. The number of methoxy groups -OCH3 is 1. The van der Waals surface area contributed by atoms with Crippen LogP contribution in [0.15, 0.2) is 36.4 Å². The van der Waals surface area contributed by atoms with Crippen LogP contribution in [0, 0.1) is 0 Å². The topological polar surface area (TPSA) is 9.23 Å². The molecule has 0 heterocycles. The smallest absolute Gasteiger partial charge is 0.0713 e. The molecule has 0 N–H and O–H groups in total. The van der Waals surface area contributed by atoms with Crippen molar-refractivity contribution in [2.45, 2.75) is 32.8 Å². The molecule has 0 aromatic heterocycles. The fourth-order valence-corrected chi connectivity index (χ4v) is 1.58. The lowest BCUT2D eigenvalue weighted by molar-refractivity contribution is 0.185. The number of allylic oxidation sites excluding steroid dienone is 2. The second kappa shape index (κ2) is 7.24. The monoisotopic (exact) mass is 204 g/mol. The summed E-state index contributed by atoms with van der Waals surface area (Å²) in [5, 5.41) is 0. The zero-order valence-electron chi connectivity index (χ0n) is 9.70. The normalized spacial score (nSPS) is 11.1. The zero-order valence-corrected chi connectivity index (χ0v) is 9.70. The number of aryl methyl sites for hydroxylation is 1. The van der Waals surface area contributed by atoms with Crippen molar-refractivity contribution in [3.05, 3.63) is 47.5 Å². The molecule has 82 valence electrons. The Labute approximate surface area is 92.8 Å². The van der Waals surface area contributed by atoms with E-state index in [1.54, 1.807) is 7.11 Å². The van der Waals surface area contributed by atoms with Crippen molar-refractivity contribution in [1.29, 1.82) is 0 Å². The Bertz CT molecular complexity index is 302. The van der Waals surface area contributed by atoms with E-state index < -0.39 is 0 Å². The molecule has 0 bridgehead atoms. The first-order chi connectivity index (χ1) is 7.36. The molecule has 0 aliphatic rings. The summed E-state index contributed by atoms with van der Waals surface area (Å²) in [5.41, 5.74) is 2.65. The average Bonchev–Trinajstić information content (AvgIpc) is 2.26. The minimum absolute atomic E-state index is 0.707. The van der Waals surface area contributed by atoms with Gasteiger partial charge in [0.15, 0.2) is 0 Å². The molecule has 1 heteroatoms. The van der Waals surface area contributed by atoms with Gasteiger partial charge in [-0.15, -0.1) is 0 Å². The lowest BCUT2D eigenvalue weighted by Gasteiger charge is -2.03. The molecule has 0 aliphatic heterocycles. The maximum atomic E-state index is 5.11. The van der Waals surface area contributed by atoms with Gasteiger partial charge in [0.2, 0.25) is 0 Å². The van der Waals surface area contributed by atoms with Crippen molar-refractivity contribution in [3.63, 3.8) is 0 Å². The molecule has 15 heavy (non-hydrogen) atoms. The zero-order chi connectivity index (χ0) is 10.9. The van der Waals surface area contributed by atoms with Crippen LogP contribution in [0.3, 0.4) is 0 Å². The Morgan fingerprint density at radius 3 is 2.73 bits per heavy atom. The van der Waals surface area contributed by atoms with Gasteiger partial charge in [-0.3, -0.25) is 0 Å². The average molecular weight is 204 g/mol. The lowest BCUT2D eigenvalue weighted by Crippen LogP contribution is -1.90. The van der Waals surface area contributed by atoms with E-state index in [-0.39, 0.29) is 0 Å². The largest absolute Gasteiger partial charge is 0.380 e. The second-order valence-corrected chi connectivity index (χ2v) is 3.67. The van der Waals surface area contributed by atoms with Gasteiger partial charge in [-0.2, -0.15) is 0 Å². The van der Waals surface area contributed by atoms with Gasteiger partial charge in [-0.1, -0.05) is 43.3 Å². The van der Waals surface area contributed by atoms with Crippen LogP contribution in [0.4, 0.5) is 0 Å². The molecule has 1 aromatic rings. The molecule has 0 amide bonds. The van der Waals surface area contributed by atoms with Gasteiger partial charge < -0.3 is 4.74 Å². The summed E-state index contributed by atoms with van der Waals surface area (Å²) in [7, 11) is 1.73. The Morgan fingerprint density at radius 1 is 1.20 bits per heavy atom. The molecule has 1 nitrogen and oxygen atoms in total. The van der Waals surface area contributed by atoms with Crippen molar-refractivity contribution in [3.8, 4) is 0 Å². The van der Waals surface area contributed by atoms with Gasteiger partial charge in [-0.05, 0) is 30.4 Å². The molecule has 0 fully saturated rings. The van der Waals surface area contributed by atoms with Crippen LogP contribution in [0.5, 0.6) is 0 Å². The number of hydrogen-bond acceptors (Lipinski definition) is 1. The molecule has 0 aliphatic carbocycles. The maximum absolute atomic E-state index is 5.11. The summed E-state index contributed by atoms with van der Waals surface area (Å²) in [6.07, 6.45) is 7.85. The van der Waals surface area contributed by atoms with E-state index in [1.165, 1.54) is 11.1 Å². The van der Waals surface area contributed by atoms with E-state index in [0.29, 0.717) is 6.61 Å². The SMILES string of the molecule is CC/C=C/CCc1cccc(COC)c1. The standard InChI is InChI=1S/C14H20O/c1-3-4-5-6-8-13-9-7-10-14(11-13)12-15-2/h4-5,7,9-11H,3,6,8,12H2,1-2H3/b5-4+. The fourth-order valence-electron chi connectivity index (χ4n) is 1.58. The van der Waals surface area contributed by atoms with E-state index in [1.807, 2.05) is 0 Å². The molecule has 1 rings (SSSR count). The molecule has 0 saturated carbocycles. The number of hydrogen-bond donors (Lipinski definition) is 0. The molecule has 0 unspecified atom stereocenters. The van der Waals surface area contributed by atoms with Crippen LogP contribution >= 0.6 is 0 Å². The van der Waals surface area contributed by atoms with E-state index in [9.17, 15) is 0 Å². The van der Waals surface area contributed by atoms with Crippen molar-refractivity contribution in [2.75, 3.05) is 7.11 Å². The first kappa shape index (κ1) is 12.0. The van der Waals surface area contributed by atoms with E-state index in [4.69, 9.17) is 4.74 Å². The molecule has 0 atom stereocenters. The molecule has 1 aromatic carbocycles. The Morgan fingerprint density at radius 2 is 2.00 bits per heavy atom. The summed E-state index contributed by atoms with van der Waals surface area (Å²) < 4.78 is 5.11. The summed E-state index contributed by atoms with van der Waals surface area (Å²) in [6, 6.07) is 8.62. The summed E-state index contributed by atoms with van der Waals surface area (Å²) in [6.45, 7) is 2.87. The van der Waals surface area contributed by atoms with Crippen molar-refractivity contribution >= 4 is 0 Å². The van der Waals surface area contributed by atoms with E-state index in [0.717, 1.165) is 19.3 Å². The first-order valence-corrected chi connectivity index (χ1v) is 5.58. The predicted octanol–water partition coefficient (Wildman–Crippen LogP) is 3.73. The Kier molecular flexibility index (Phi) is 5.79. The second-order valence-electron chi connectivity index (χ2n) is 3.67. The quantitative estimate of drug-likeness (QED) is 0.641. The van der Waals surface area contributed by atoms with E-state index in [2.05, 4.69) is 43.3 Å². The number of ether oxygens (including phenoxy) is 1. The Hall–Kier alpha value is -1.08. The minimum Gasteiger partial charge on any atom is -0.380 e. The maximum Gasteiger partial charge on any atom is 0.0713 e. The predicted molar refractivity (Wildman–Crippen MR) is 64.9 cm³/mol. The highest BCUT2D eigenvalue weighted by atomic mass is 16.5. The minimum atomic E-state index is 0.707. The summed E-state index contributed by atoms with van der Waals surface area (Å²) >= 11 is 0. The summed E-state index contributed by atoms with van der Waals surface area (Å²) in [4.78, 5) is 0. The van der Waals surface area contributed by atoms with Crippen LogP contribution in [0.25, 0.3) is 0 Å². The highest BCUT2D eigenvalue weighted by Crippen LogP contribution is 2.08. The molecule has 0 radical (unpaired) electrons. The van der Waals surface area contributed by atoms with Crippen LogP contribution in [-0.4, -0.2) is 7.11 Å².